The molecule has 0 N–H and O–H groups in total. The number of rotatable bonds is 2. The predicted molar refractivity (Wildman–Crippen MR) is 81.1 cm³/mol. The van der Waals surface area contributed by atoms with Gasteiger partial charge >= 0.3 is 0 Å². The van der Waals surface area contributed by atoms with Crippen LogP contribution >= 0.6 is 24.8 Å². The predicted octanol–water partition coefficient (Wildman–Crippen LogP) is 4.39. The van der Waals surface area contributed by atoms with Crippen molar-refractivity contribution in [3.63, 3.8) is 0 Å². The molecule has 1 aromatic heterocycles. The van der Waals surface area contributed by atoms with E-state index in [-0.39, 0.29) is 42.2 Å². The monoisotopic (exact) mass is 330 g/mol. The second kappa shape index (κ2) is 8.30. The Balaban J connectivity index is 0.00000108. The van der Waals surface area contributed by atoms with Gasteiger partial charge in [0, 0.05) is 29.3 Å². The molecular formula is C15H14Cl2CrN-. The fourth-order valence-electron chi connectivity index (χ4n) is 2.07. The summed E-state index contributed by atoms with van der Waals surface area (Å²) in [4.78, 5) is 4.36. The molecule has 0 amide bonds. The van der Waals surface area contributed by atoms with E-state index >= 15 is 0 Å². The van der Waals surface area contributed by atoms with Gasteiger partial charge in [0.15, 0.2) is 0 Å². The Morgan fingerprint density at radius 2 is 1.63 bits per heavy atom. The van der Waals surface area contributed by atoms with Gasteiger partial charge in [0.05, 0.1) is 0 Å². The first-order valence-corrected chi connectivity index (χ1v) is 5.47. The minimum atomic E-state index is 0. The summed E-state index contributed by atoms with van der Waals surface area (Å²) in [6.45, 7) is 0. The molecular weight excluding hydrogens is 317 g/mol. The van der Waals surface area contributed by atoms with Crippen molar-refractivity contribution >= 4 is 35.6 Å². The Labute approximate surface area is 136 Å². The smallest absolute Gasteiger partial charge is 0.0359 e. The fraction of sp³-hybridized carbons (Fsp3) is 0.0667. The first-order chi connectivity index (χ1) is 7.93. The molecule has 19 heavy (non-hydrogen) atoms. The molecule has 2 aromatic carbocycles. The number of nitrogens with zero attached hydrogens (tertiary/aromatic N) is 1. The zero-order valence-electron chi connectivity index (χ0n) is 10.2. The van der Waals surface area contributed by atoms with Crippen molar-refractivity contribution in [1.29, 1.82) is 0 Å². The number of halogens is 2. The third kappa shape index (κ3) is 4.03. The molecule has 1 nitrogen and oxygen atoms in total. The Hall–Kier alpha value is -0.908. The number of pyridine rings is 1. The number of aromatic nitrogens is 1. The van der Waals surface area contributed by atoms with Crippen LogP contribution in [-0.4, -0.2) is 4.98 Å². The van der Waals surface area contributed by atoms with Crippen LogP contribution in [0.2, 0.25) is 0 Å². The second-order valence-electron chi connectivity index (χ2n) is 3.94. The van der Waals surface area contributed by atoms with Crippen LogP contribution in [0.15, 0.2) is 60.8 Å². The van der Waals surface area contributed by atoms with E-state index in [0.717, 1.165) is 12.1 Å². The van der Waals surface area contributed by atoms with Crippen molar-refractivity contribution in [2.45, 2.75) is 6.42 Å². The molecule has 0 aliphatic heterocycles. The molecule has 0 saturated heterocycles. The first kappa shape index (κ1) is 18.1. The number of hydrogen-bond donors (Lipinski definition) is 0. The zero-order valence-corrected chi connectivity index (χ0v) is 13.1. The van der Waals surface area contributed by atoms with Crippen LogP contribution in [0.5, 0.6) is 0 Å². The summed E-state index contributed by atoms with van der Waals surface area (Å²) in [6, 6.07) is 18.9. The number of benzene rings is 1. The average molecular weight is 331 g/mol. The van der Waals surface area contributed by atoms with Gasteiger partial charge in [0.1, 0.15) is 0 Å². The Kier molecular flexibility index (Phi) is 7.90. The Morgan fingerprint density at radius 1 is 0.895 bits per heavy atom. The Bertz CT molecular complexity index is 608. The third-order valence-corrected chi connectivity index (χ3v) is 2.87. The van der Waals surface area contributed by atoms with Crippen LogP contribution in [0.4, 0.5) is 0 Å². The molecule has 100 valence electrons. The first-order valence-electron chi connectivity index (χ1n) is 5.47. The molecule has 4 heteroatoms. The molecule has 0 radical (unpaired) electrons. The summed E-state index contributed by atoms with van der Waals surface area (Å²) in [6.07, 6.45) is 2.76. The topological polar surface area (TPSA) is 12.9 Å². The van der Waals surface area contributed by atoms with Crippen LogP contribution in [0.25, 0.3) is 10.8 Å². The molecule has 0 saturated carbocycles. The molecule has 0 aliphatic rings. The van der Waals surface area contributed by atoms with E-state index in [4.69, 9.17) is 0 Å². The summed E-state index contributed by atoms with van der Waals surface area (Å²) in [7, 11) is 0. The molecule has 1 heterocycles. The standard InChI is InChI=1S/C15H12N.2ClH.Cr/c1-2-7-15-12(5-1)8-9-13(15)11-14-6-3-4-10-16-14;;;/h1-10H,11H2;2*1H;/q-1;;;. The van der Waals surface area contributed by atoms with Gasteiger partial charge in [-0.05, 0) is 18.6 Å². The molecule has 3 rings (SSSR count). The van der Waals surface area contributed by atoms with E-state index in [1.54, 1.807) is 0 Å². The molecule has 0 bridgehead atoms. The van der Waals surface area contributed by atoms with Gasteiger partial charge in [0.2, 0.25) is 0 Å². The summed E-state index contributed by atoms with van der Waals surface area (Å²) in [5.41, 5.74) is 2.48. The van der Waals surface area contributed by atoms with Gasteiger partial charge in [-0.2, -0.15) is 6.07 Å². The maximum atomic E-state index is 4.36. The van der Waals surface area contributed by atoms with Crippen molar-refractivity contribution in [3.05, 3.63) is 72.1 Å². The van der Waals surface area contributed by atoms with Gasteiger partial charge in [-0.25, -0.2) is 0 Å². The maximum absolute atomic E-state index is 4.36. The average Bonchev–Trinajstić information content (AvgIpc) is 2.74. The van der Waals surface area contributed by atoms with Crippen molar-refractivity contribution in [2.24, 2.45) is 0 Å². The molecule has 0 unspecified atom stereocenters. The molecule has 0 spiro atoms. The van der Waals surface area contributed by atoms with E-state index in [2.05, 4.69) is 47.4 Å². The van der Waals surface area contributed by atoms with Crippen LogP contribution in [0, 0.1) is 0 Å². The quantitative estimate of drug-likeness (QED) is 0.635. The number of fused-ring (bicyclic) bond motifs is 1. The summed E-state index contributed by atoms with van der Waals surface area (Å²) < 4.78 is 0. The largest absolute Gasteiger partial charge is 0.262 e. The van der Waals surface area contributed by atoms with E-state index in [1.807, 2.05) is 18.3 Å². The Morgan fingerprint density at radius 3 is 2.37 bits per heavy atom. The molecule has 0 atom stereocenters. The van der Waals surface area contributed by atoms with Crippen LogP contribution < -0.4 is 0 Å². The summed E-state index contributed by atoms with van der Waals surface area (Å²) in [5.74, 6) is 0. The van der Waals surface area contributed by atoms with E-state index < -0.39 is 0 Å². The zero-order chi connectivity index (χ0) is 10.8. The minimum Gasteiger partial charge on any atom is -0.262 e. The van der Waals surface area contributed by atoms with E-state index in [9.17, 15) is 0 Å². The minimum absolute atomic E-state index is 0. The summed E-state index contributed by atoms with van der Waals surface area (Å²) in [5, 5.41) is 2.65. The van der Waals surface area contributed by atoms with Gasteiger partial charge < -0.3 is 0 Å². The van der Waals surface area contributed by atoms with Gasteiger partial charge in [-0.3, -0.25) is 4.98 Å². The number of hydrogen-bond acceptors (Lipinski definition) is 1. The van der Waals surface area contributed by atoms with Crippen LogP contribution in [0.1, 0.15) is 11.3 Å². The fourth-order valence-corrected chi connectivity index (χ4v) is 2.07. The van der Waals surface area contributed by atoms with Gasteiger partial charge in [0.25, 0.3) is 0 Å². The molecule has 0 fully saturated rings. The second-order valence-corrected chi connectivity index (χ2v) is 3.94. The molecule has 0 aliphatic carbocycles. The normalized spacial score (nSPS) is 9.05. The maximum Gasteiger partial charge on any atom is 0.0359 e. The molecule has 3 aromatic rings. The van der Waals surface area contributed by atoms with Crippen molar-refractivity contribution in [2.75, 3.05) is 0 Å². The third-order valence-electron chi connectivity index (χ3n) is 2.87. The van der Waals surface area contributed by atoms with E-state index in [0.29, 0.717) is 0 Å². The SMILES string of the molecule is Cl.Cl.[Cr].c1ccc(C[c-]2ccc3ccccc32)nc1. The van der Waals surface area contributed by atoms with Crippen LogP contribution in [-0.2, 0) is 23.8 Å². The van der Waals surface area contributed by atoms with Crippen molar-refractivity contribution < 1.29 is 17.4 Å². The van der Waals surface area contributed by atoms with Gasteiger partial charge in [-0.1, -0.05) is 12.1 Å². The summed E-state index contributed by atoms with van der Waals surface area (Å²) >= 11 is 0. The van der Waals surface area contributed by atoms with Gasteiger partial charge in [-0.15, -0.1) is 65.4 Å². The van der Waals surface area contributed by atoms with Crippen molar-refractivity contribution in [3.8, 4) is 0 Å². The van der Waals surface area contributed by atoms with Crippen molar-refractivity contribution in [1.82, 2.24) is 4.98 Å². The van der Waals surface area contributed by atoms with Crippen LogP contribution in [0.3, 0.4) is 0 Å². The van der Waals surface area contributed by atoms with E-state index in [1.165, 1.54) is 16.3 Å².